The van der Waals surface area contributed by atoms with E-state index in [0.29, 0.717) is 24.2 Å². The van der Waals surface area contributed by atoms with Crippen molar-refractivity contribution in [2.24, 2.45) is 0 Å². The molecule has 0 unspecified atom stereocenters. The van der Waals surface area contributed by atoms with Crippen molar-refractivity contribution in [1.29, 1.82) is 0 Å². The largest absolute Gasteiger partial charge is 0.435 e. The quantitative estimate of drug-likeness (QED) is 0.781. The molecule has 0 atom stereocenters. The van der Waals surface area contributed by atoms with E-state index >= 15 is 0 Å². The van der Waals surface area contributed by atoms with Crippen LogP contribution in [0.2, 0.25) is 0 Å². The van der Waals surface area contributed by atoms with Gasteiger partial charge in [0, 0.05) is 25.2 Å². The predicted molar refractivity (Wildman–Crippen MR) is 101 cm³/mol. The van der Waals surface area contributed by atoms with E-state index in [0.717, 1.165) is 24.9 Å². The highest BCUT2D eigenvalue weighted by atomic mass is 19.3. The van der Waals surface area contributed by atoms with E-state index in [4.69, 9.17) is 0 Å². The van der Waals surface area contributed by atoms with Crippen LogP contribution in [0.5, 0.6) is 5.75 Å². The number of carbonyl (C=O) groups is 2. The maximum atomic E-state index is 12.3. The van der Waals surface area contributed by atoms with Gasteiger partial charge in [0.05, 0.1) is 6.42 Å². The summed E-state index contributed by atoms with van der Waals surface area (Å²) >= 11 is 0. The molecule has 1 aliphatic rings. The van der Waals surface area contributed by atoms with Gasteiger partial charge in [-0.05, 0) is 48.2 Å². The van der Waals surface area contributed by atoms with Crippen LogP contribution < -0.4 is 10.1 Å². The molecular weight excluding hydrogens is 366 g/mol. The molecule has 2 amide bonds. The lowest BCUT2D eigenvalue weighted by Gasteiger charge is -2.26. The van der Waals surface area contributed by atoms with Crippen LogP contribution in [-0.2, 0) is 22.6 Å². The zero-order valence-corrected chi connectivity index (χ0v) is 15.4. The van der Waals surface area contributed by atoms with Gasteiger partial charge in [0.2, 0.25) is 11.8 Å². The molecule has 0 spiro atoms. The molecule has 0 aliphatic carbocycles. The van der Waals surface area contributed by atoms with E-state index in [-0.39, 0.29) is 24.0 Å². The van der Waals surface area contributed by atoms with Crippen LogP contribution in [0.25, 0.3) is 0 Å². The third kappa shape index (κ3) is 5.77. The van der Waals surface area contributed by atoms with Crippen LogP contribution in [0.15, 0.2) is 48.5 Å². The molecule has 2 aromatic rings. The van der Waals surface area contributed by atoms with Gasteiger partial charge in [-0.25, -0.2) is 0 Å². The van der Waals surface area contributed by atoms with Gasteiger partial charge < -0.3 is 15.0 Å². The number of rotatable bonds is 7. The molecule has 0 aromatic heterocycles. The number of nitrogens with one attached hydrogen (secondary N) is 1. The number of benzene rings is 2. The van der Waals surface area contributed by atoms with Crippen LogP contribution in [0.4, 0.5) is 14.5 Å². The molecule has 0 radical (unpaired) electrons. The molecule has 148 valence electrons. The zero-order chi connectivity index (χ0) is 19.9. The molecule has 5 nitrogen and oxygen atoms in total. The van der Waals surface area contributed by atoms with Crippen LogP contribution in [0.1, 0.15) is 30.4 Å². The van der Waals surface area contributed by atoms with Gasteiger partial charge in [-0.15, -0.1) is 0 Å². The lowest BCUT2D eigenvalue weighted by molar-refractivity contribution is -0.133. The van der Waals surface area contributed by atoms with Gasteiger partial charge >= 0.3 is 6.61 Å². The predicted octanol–water partition coefficient (Wildman–Crippen LogP) is 3.98. The minimum absolute atomic E-state index is 0.0547. The molecule has 3 rings (SSSR count). The second-order valence-corrected chi connectivity index (χ2v) is 6.72. The molecule has 7 heteroatoms. The van der Waals surface area contributed by atoms with E-state index < -0.39 is 6.61 Å². The molecule has 1 N–H and O–H groups in total. The van der Waals surface area contributed by atoms with Gasteiger partial charge in [0.15, 0.2) is 0 Å². The number of alkyl halides is 2. The molecule has 0 saturated carbocycles. The average molecular weight is 388 g/mol. The normalized spacial score (nSPS) is 14.2. The number of carbonyl (C=O) groups excluding carboxylic acids is 2. The number of amides is 2. The Morgan fingerprint density at radius 3 is 2.61 bits per heavy atom. The summed E-state index contributed by atoms with van der Waals surface area (Å²) in [5, 5.41) is 2.83. The van der Waals surface area contributed by atoms with E-state index in [1.54, 1.807) is 18.2 Å². The number of hydrogen-bond donors (Lipinski definition) is 1. The first kappa shape index (κ1) is 19.8. The van der Waals surface area contributed by atoms with Crippen LogP contribution in [0, 0.1) is 0 Å². The Kier molecular flexibility index (Phi) is 6.57. The average Bonchev–Trinajstić information content (AvgIpc) is 2.65. The lowest BCUT2D eigenvalue weighted by Crippen LogP contribution is -2.34. The second-order valence-electron chi connectivity index (χ2n) is 6.72. The molecule has 28 heavy (non-hydrogen) atoms. The van der Waals surface area contributed by atoms with Gasteiger partial charge in [-0.1, -0.05) is 24.3 Å². The standard InChI is InChI=1S/C21H22F2N2O3/c22-21(23)28-18-9-7-15(8-10-18)13-19(26)24-17-5-3-4-16(12-17)14-25-11-2-1-6-20(25)27/h3-5,7-10,12,21H,1-2,6,11,13-14H2,(H,24,26). The summed E-state index contributed by atoms with van der Waals surface area (Å²) in [6.07, 6.45) is 2.67. The van der Waals surface area contributed by atoms with Crippen molar-refractivity contribution in [3.05, 3.63) is 59.7 Å². The minimum Gasteiger partial charge on any atom is -0.435 e. The summed E-state index contributed by atoms with van der Waals surface area (Å²) in [4.78, 5) is 26.1. The maximum absolute atomic E-state index is 12.3. The third-order valence-electron chi connectivity index (χ3n) is 4.52. The summed E-state index contributed by atoms with van der Waals surface area (Å²) in [7, 11) is 0. The Balaban J connectivity index is 1.56. The molecule has 1 saturated heterocycles. The first-order valence-electron chi connectivity index (χ1n) is 9.20. The Morgan fingerprint density at radius 2 is 1.89 bits per heavy atom. The maximum Gasteiger partial charge on any atom is 0.387 e. The van der Waals surface area contributed by atoms with Crippen molar-refractivity contribution in [1.82, 2.24) is 4.90 Å². The van der Waals surface area contributed by atoms with Crippen LogP contribution >= 0.6 is 0 Å². The fraction of sp³-hybridized carbons (Fsp3) is 0.333. The first-order chi connectivity index (χ1) is 13.5. The highest BCUT2D eigenvalue weighted by Crippen LogP contribution is 2.18. The summed E-state index contributed by atoms with van der Waals surface area (Å²) < 4.78 is 28.6. The molecule has 1 fully saturated rings. The van der Waals surface area contributed by atoms with Gasteiger partial charge in [0.25, 0.3) is 0 Å². The smallest absolute Gasteiger partial charge is 0.387 e. The van der Waals surface area contributed by atoms with Crippen molar-refractivity contribution in [2.75, 3.05) is 11.9 Å². The fourth-order valence-electron chi connectivity index (χ4n) is 3.18. The number of nitrogens with zero attached hydrogens (tertiary/aromatic N) is 1. The van der Waals surface area contributed by atoms with E-state index in [9.17, 15) is 18.4 Å². The summed E-state index contributed by atoms with van der Waals surface area (Å²) in [6.45, 7) is -1.57. The molecule has 0 bridgehead atoms. The topological polar surface area (TPSA) is 58.6 Å². The Labute approximate surface area is 162 Å². The second kappa shape index (κ2) is 9.30. The minimum atomic E-state index is -2.87. The summed E-state index contributed by atoms with van der Waals surface area (Å²) in [5.74, 6) is 0.00722. The van der Waals surface area contributed by atoms with Crippen molar-refractivity contribution < 1.29 is 23.1 Å². The van der Waals surface area contributed by atoms with E-state index in [1.165, 1.54) is 12.1 Å². The Morgan fingerprint density at radius 1 is 1.11 bits per heavy atom. The Hall–Kier alpha value is -2.96. The number of ether oxygens (including phenoxy) is 1. The van der Waals surface area contributed by atoms with Crippen LogP contribution in [0.3, 0.4) is 0 Å². The van der Waals surface area contributed by atoms with Gasteiger partial charge in [0.1, 0.15) is 5.75 Å². The Bertz CT molecular complexity index is 825. The van der Waals surface area contributed by atoms with Crippen molar-refractivity contribution in [2.45, 2.75) is 38.8 Å². The number of hydrogen-bond acceptors (Lipinski definition) is 3. The third-order valence-corrected chi connectivity index (χ3v) is 4.52. The first-order valence-corrected chi connectivity index (χ1v) is 9.20. The van der Waals surface area contributed by atoms with E-state index in [1.807, 2.05) is 23.1 Å². The SMILES string of the molecule is O=C(Cc1ccc(OC(F)F)cc1)Nc1cccc(CN2CCCCC2=O)c1. The fourth-order valence-corrected chi connectivity index (χ4v) is 3.18. The van der Waals surface area contributed by atoms with Gasteiger partial charge in [-0.2, -0.15) is 8.78 Å². The molecule has 2 aromatic carbocycles. The van der Waals surface area contributed by atoms with Crippen molar-refractivity contribution in [3.63, 3.8) is 0 Å². The van der Waals surface area contributed by atoms with Gasteiger partial charge in [-0.3, -0.25) is 9.59 Å². The van der Waals surface area contributed by atoms with Crippen LogP contribution in [-0.4, -0.2) is 29.9 Å². The van der Waals surface area contributed by atoms with E-state index in [2.05, 4.69) is 10.1 Å². The number of halogens is 2. The highest BCUT2D eigenvalue weighted by Gasteiger charge is 2.18. The summed E-state index contributed by atoms with van der Waals surface area (Å²) in [6, 6.07) is 13.4. The molecular formula is C21H22F2N2O3. The zero-order valence-electron chi connectivity index (χ0n) is 15.4. The summed E-state index contributed by atoms with van der Waals surface area (Å²) in [5.41, 5.74) is 2.31. The van der Waals surface area contributed by atoms with Crippen molar-refractivity contribution in [3.8, 4) is 5.75 Å². The monoisotopic (exact) mass is 388 g/mol. The molecule has 1 aliphatic heterocycles. The number of anilines is 1. The lowest BCUT2D eigenvalue weighted by atomic mass is 10.1. The highest BCUT2D eigenvalue weighted by molar-refractivity contribution is 5.92. The molecule has 1 heterocycles. The number of likely N-dealkylation sites (tertiary alicyclic amines) is 1. The number of piperidine rings is 1. The van der Waals surface area contributed by atoms with Crippen molar-refractivity contribution >= 4 is 17.5 Å².